The molecule has 2 aliphatic rings. The van der Waals surface area contributed by atoms with Gasteiger partial charge in [-0.15, -0.1) is 0 Å². The lowest BCUT2D eigenvalue weighted by atomic mass is 9.76. The van der Waals surface area contributed by atoms with Gasteiger partial charge < -0.3 is 13.9 Å². The Hall–Kier alpha value is -6.84. The van der Waals surface area contributed by atoms with Gasteiger partial charge in [0.15, 0.2) is 0 Å². The molecule has 0 bridgehead atoms. The van der Waals surface area contributed by atoms with Crippen molar-refractivity contribution in [2.24, 2.45) is 0 Å². The third kappa shape index (κ3) is 4.52. The van der Waals surface area contributed by atoms with Gasteiger partial charge in [0.1, 0.15) is 11.2 Å². The van der Waals surface area contributed by atoms with Crippen molar-refractivity contribution < 1.29 is 4.42 Å². The van der Waals surface area contributed by atoms with Crippen LogP contribution in [0.5, 0.6) is 0 Å². The summed E-state index contributed by atoms with van der Waals surface area (Å²) in [5.74, 6) is 0. The van der Waals surface area contributed by atoms with Gasteiger partial charge in [-0.05, 0) is 119 Å². The Morgan fingerprint density at radius 3 is 2.02 bits per heavy atom. The molecule has 0 radical (unpaired) electrons. The zero-order valence-electron chi connectivity index (χ0n) is 31.0. The first kappa shape index (κ1) is 31.5. The molecule has 0 N–H and O–H groups in total. The first-order valence-corrected chi connectivity index (χ1v) is 19.9. The minimum absolute atomic E-state index is 0.0775. The first-order chi connectivity index (χ1) is 27.7. The molecule has 2 aromatic heterocycles. The number of benzene rings is 8. The molecule has 0 atom stereocenters. The number of hydrogen-bond acceptors (Lipinski definition) is 2. The van der Waals surface area contributed by atoms with Crippen molar-refractivity contribution >= 4 is 60.8 Å². The number of hydrogen-bond donors (Lipinski definition) is 0. The van der Waals surface area contributed by atoms with Crippen LogP contribution in [0.1, 0.15) is 36.8 Å². The molecule has 1 spiro atoms. The lowest BCUT2D eigenvalue weighted by Crippen LogP contribution is -2.21. The van der Waals surface area contributed by atoms with E-state index in [0.29, 0.717) is 0 Å². The second-order valence-corrected chi connectivity index (χ2v) is 15.6. The number of furan rings is 1. The van der Waals surface area contributed by atoms with Crippen molar-refractivity contribution in [2.75, 3.05) is 4.90 Å². The molecule has 266 valence electrons. The zero-order valence-corrected chi connectivity index (χ0v) is 31.0. The molecule has 3 heteroatoms. The van der Waals surface area contributed by atoms with Crippen molar-refractivity contribution in [3.05, 3.63) is 193 Å². The summed E-state index contributed by atoms with van der Waals surface area (Å²) in [6.07, 6.45) is 4.93. The zero-order chi connectivity index (χ0) is 36.8. The van der Waals surface area contributed by atoms with Crippen LogP contribution in [0.25, 0.3) is 71.7 Å². The molecule has 12 rings (SSSR count). The standard InChI is InChI=1S/C53H38N2O/c1-2-13-37(14-3-1)55-47-19-8-5-16-42(47)44-33-36(25-30-48(44)55)35-23-26-38(27-24-35)54(49-20-12-22-51-52(49)43-17-6-9-21-50(43)56-51)39-28-29-41-40-15-4-7-18-45(40)53(46(41)34-39)31-10-11-32-53/h1-9,12-30,33-34H,10-11,31-32H2. The van der Waals surface area contributed by atoms with E-state index < -0.39 is 0 Å². The van der Waals surface area contributed by atoms with E-state index in [9.17, 15) is 0 Å². The van der Waals surface area contributed by atoms with Crippen molar-refractivity contribution in [3.8, 4) is 27.9 Å². The Morgan fingerprint density at radius 1 is 0.464 bits per heavy atom. The fourth-order valence-corrected chi connectivity index (χ4v) is 10.3. The minimum atomic E-state index is 0.0775. The molecular weight excluding hydrogens is 681 g/mol. The largest absolute Gasteiger partial charge is 0.456 e. The number of fused-ring (bicyclic) bond motifs is 11. The van der Waals surface area contributed by atoms with Gasteiger partial charge in [0, 0.05) is 38.6 Å². The molecule has 10 aromatic rings. The van der Waals surface area contributed by atoms with Crippen LogP contribution >= 0.6 is 0 Å². The van der Waals surface area contributed by atoms with Crippen LogP contribution in [0.3, 0.4) is 0 Å². The molecule has 2 heterocycles. The highest BCUT2D eigenvalue weighted by atomic mass is 16.3. The summed E-state index contributed by atoms with van der Waals surface area (Å²) < 4.78 is 8.83. The highest BCUT2D eigenvalue weighted by Gasteiger charge is 2.45. The van der Waals surface area contributed by atoms with E-state index >= 15 is 0 Å². The van der Waals surface area contributed by atoms with Crippen molar-refractivity contribution in [1.29, 1.82) is 0 Å². The molecule has 3 nitrogen and oxygen atoms in total. The average Bonchev–Trinajstić information content (AvgIpc) is 4.04. The van der Waals surface area contributed by atoms with Crippen molar-refractivity contribution in [2.45, 2.75) is 31.1 Å². The van der Waals surface area contributed by atoms with Crippen LogP contribution in [0, 0.1) is 0 Å². The number of aromatic nitrogens is 1. The van der Waals surface area contributed by atoms with E-state index in [1.807, 2.05) is 0 Å². The van der Waals surface area contributed by atoms with Crippen LogP contribution in [0.15, 0.2) is 186 Å². The van der Waals surface area contributed by atoms with Gasteiger partial charge >= 0.3 is 0 Å². The predicted octanol–water partition coefficient (Wildman–Crippen LogP) is 14.7. The third-order valence-corrected chi connectivity index (χ3v) is 12.7. The van der Waals surface area contributed by atoms with Crippen molar-refractivity contribution in [1.82, 2.24) is 4.57 Å². The van der Waals surface area contributed by atoms with E-state index in [0.717, 1.165) is 33.3 Å². The van der Waals surface area contributed by atoms with Gasteiger partial charge in [0.25, 0.3) is 0 Å². The quantitative estimate of drug-likeness (QED) is 0.177. The Morgan fingerprint density at radius 2 is 1.14 bits per heavy atom. The van der Waals surface area contributed by atoms with Gasteiger partial charge in [-0.25, -0.2) is 0 Å². The van der Waals surface area contributed by atoms with Crippen LogP contribution < -0.4 is 4.90 Å². The molecule has 56 heavy (non-hydrogen) atoms. The maximum absolute atomic E-state index is 6.45. The number of anilines is 3. The minimum Gasteiger partial charge on any atom is -0.456 e. The first-order valence-electron chi connectivity index (χ1n) is 19.9. The number of rotatable bonds is 5. The number of nitrogens with zero attached hydrogens (tertiary/aromatic N) is 2. The Kier molecular flexibility index (Phi) is 6.80. The second-order valence-electron chi connectivity index (χ2n) is 15.6. The summed E-state index contributed by atoms with van der Waals surface area (Å²) in [4.78, 5) is 2.46. The Bertz CT molecular complexity index is 3140. The maximum Gasteiger partial charge on any atom is 0.137 e. The lowest BCUT2D eigenvalue weighted by molar-refractivity contribution is 0.550. The summed E-state index contributed by atoms with van der Waals surface area (Å²) in [6.45, 7) is 0. The van der Waals surface area contributed by atoms with Gasteiger partial charge in [0.2, 0.25) is 0 Å². The smallest absolute Gasteiger partial charge is 0.137 e. The lowest BCUT2D eigenvalue weighted by Gasteiger charge is -2.30. The van der Waals surface area contributed by atoms with Gasteiger partial charge in [-0.2, -0.15) is 0 Å². The second kappa shape index (κ2) is 12.1. The fourth-order valence-electron chi connectivity index (χ4n) is 10.3. The van der Waals surface area contributed by atoms with Gasteiger partial charge in [-0.1, -0.05) is 122 Å². The summed E-state index contributed by atoms with van der Waals surface area (Å²) in [5, 5.41) is 4.77. The molecule has 0 aliphatic heterocycles. The van der Waals surface area contributed by atoms with Gasteiger partial charge in [-0.3, -0.25) is 0 Å². The average molecular weight is 719 g/mol. The SMILES string of the molecule is c1ccc(-n2c3ccccc3c3cc(-c4ccc(N(c5ccc6c(c5)C5(CCCC5)c5ccccc5-6)c5cccc6oc7ccccc7c56)cc4)ccc32)cc1. The van der Waals surface area contributed by atoms with Crippen LogP contribution in [0.2, 0.25) is 0 Å². The normalized spacial score (nSPS) is 14.3. The summed E-state index contributed by atoms with van der Waals surface area (Å²) in [5.41, 5.74) is 17.0. The monoisotopic (exact) mass is 718 g/mol. The molecule has 8 aromatic carbocycles. The van der Waals surface area contributed by atoms with Gasteiger partial charge in [0.05, 0.1) is 22.1 Å². The highest BCUT2D eigenvalue weighted by Crippen LogP contribution is 2.58. The number of para-hydroxylation sites is 3. The third-order valence-electron chi connectivity index (χ3n) is 12.7. The van der Waals surface area contributed by atoms with E-state index in [4.69, 9.17) is 4.42 Å². The Balaban J connectivity index is 1.02. The molecule has 0 amide bonds. The molecule has 2 aliphatic carbocycles. The van der Waals surface area contributed by atoms with Crippen LogP contribution in [-0.2, 0) is 5.41 Å². The summed E-state index contributed by atoms with van der Waals surface area (Å²) in [7, 11) is 0. The van der Waals surface area contributed by atoms with E-state index in [1.165, 1.54) is 92.2 Å². The van der Waals surface area contributed by atoms with Crippen LogP contribution in [-0.4, -0.2) is 4.57 Å². The Labute approximate surface area is 325 Å². The topological polar surface area (TPSA) is 21.3 Å². The van der Waals surface area contributed by atoms with Crippen LogP contribution in [0.4, 0.5) is 17.1 Å². The summed E-state index contributed by atoms with van der Waals surface area (Å²) >= 11 is 0. The molecule has 1 fully saturated rings. The van der Waals surface area contributed by atoms with E-state index in [-0.39, 0.29) is 5.41 Å². The predicted molar refractivity (Wildman–Crippen MR) is 233 cm³/mol. The molecule has 1 saturated carbocycles. The molecule has 0 saturated heterocycles. The van der Waals surface area contributed by atoms with E-state index in [2.05, 4.69) is 191 Å². The summed E-state index contributed by atoms with van der Waals surface area (Å²) in [6, 6.07) is 66.7. The molecule has 0 unspecified atom stereocenters. The highest BCUT2D eigenvalue weighted by molar-refractivity contribution is 6.14. The maximum atomic E-state index is 6.45. The fraction of sp³-hybridized carbons (Fsp3) is 0.0943. The van der Waals surface area contributed by atoms with E-state index in [1.54, 1.807) is 0 Å². The van der Waals surface area contributed by atoms with Crippen molar-refractivity contribution in [3.63, 3.8) is 0 Å². The molecular formula is C53H38N2O.